The number of para-hydroxylation sites is 2. The number of hydrogen-bond acceptors (Lipinski definition) is 20. The number of allylic oxidation sites excluding steroid dienone is 2. The van der Waals surface area contributed by atoms with Gasteiger partial charge in [0.05, 0.1) is 73.6 Å². The van der Waals surface area contributed by atoms with E-state index < -0.39 is 107 Å². The molecule has 0 bridgehead atoms. The molecule has 4 aromatic rings. The molecule has 2 heterocycles. The van der Waals surface area contributed by atoms with Crippen LogP contribution in [-0.2, 0) is 67.9 Å². The van der Waals surface area contributed by atoms with Crippen molar-refractivity contribution in [1.82, 2.24) is 19.2 Å². The van der Waals surface area contributed by atoms with Crippen molar-refractivity contribution in [3.8, 4) is 22.6 Å². The molecule has 8 aliphatic rings. The first-order valence-corrected chi connectivity index (χ1v) is 41.4. The van der Waals surface area contributed by atoms with Gasteiger partial charge in [-0.3, -0.25) is 47.8 Å². The fourth-order valence-electron chi connectivity index (χ4n) is 15.3. The Kier molecular flexibility index (Phi) is 26.1. The van der Waals surface area contributed by atoms with Gasteiger partial charge in [-0.1, -0.05) is 118 Å². The number of nitrogens with one attached hydrogen (secondary N) is 2. The van der Waals surface area contributed by atoms with E-state index in [0.717, 1.165) is 84.1 Å². The van der Waals surface area contributed by atoms with E-state index in [4.69, 9.17) is 29.0 Å². The van der Waals surface area contributed by atoms with Crippen LogP contribution < -0.4 is 34.2 Å². The van der Waals surface area contributed by atoms with Crippen molar-refractivity contribution in [2.75, 3.05) is 50.4 Å². The number of ether oxygens (including phenoxy) is 4. The third kappa shape index (κ3) is 19.8. The largest absolute Gasteiger partial charge is 0.497 e. The first-order valence-electron chi connectivity index (χ1n) is 37.5. The predicted molar refractivity (Wildman–Crippen MR) is 414 cm³/mol. The Morgan fingerprint density at radius 1 is 0.565 bits per heavy atom. The Labute approximate surface area is 643 Å². The molecular weight excluding hydrogens is 1490 g/mol. The molecule has 4 amide bonds. The lowest BCUT2D eigenvalue weighted by Gasteiger charge is -2.34. The van der Waals surface area contributed by atoms with Crippen molar-refractivity contribution < 1.29 is 84.2 Å². The molecule has 0 unspecified atom stereocenters. The highest BCUT2D eigenvalue weighted by Crippen LogP contribution is 2.58. The summed E-state index contributed by atoms with van der Waals surface area (Å²) in [7, 11) is -5.99. The molecule has 2 saturated heterocycles. The van der Waals surface area contributed by atoms with Crippen LogP contribution >= 0.6 is 15.9 Å². The molecule has 0 radical (unpaired) electrons. The van der Waals surface area contributed by atoms with Crippen molar-refractivity contribution in [3.63, 3.8) is 0 Å². The summed E-state index contributed by atoms with van der Waals surface area (Å²) in [5.41, 5.74) is 0.134. The number of methoxy groups -OCH3 is 2. The summed E-state index contributed by atoms with van der Waals surface area (Å²) in [5, 5.41) is 16.5. The van der Waals surface area contributed by atoms with Crippen LogP contribution in [0.2, 0.25) is 0 Å². The lowest BCUT2D eigenvalue weighted by molar-refractivity contribution is -0.156. The van der Waals surface area contributed by atoms with Crippen LogP contribution in [0.25, 0.3) is 11.1 Å². The molecule has 8 atom stereocenters. The summed E-state index contributed by atoms with van der Waals surface area (Å²) in [6.07, 6.45) is 12.2. The SMILES string of the molecule is C=C[C@@H]1C[C@]1(CC(=O)[C@@H]1CN(c2ccc(-c3ccccc3OC)cc2)CN1C(=O)[C@@H](CC(=O)OC1CCCC1)C(C)(C)C)C(=O)NS(=O)(=O)C1CC1.C=C[C@@H]1C[C@]1(CC(=O)[C@@H]1CN(c2ccc(Br)cc2)CN1C(=O)[C@@H](CC(=O)OC1CCCC1)C(C)(C)C)C(=O)NS(=O)(=O)C1CC1.COc1ccccc1B(O)O. The second-order valence-electron chi connectivity index (χ2n) is 32.3. The normalized spacial score (nSPS) is 23.3. The highest BCUT2D eigenvalue weighted by atomic mass is 79.9. The maximum absolute atomic E-state index is 14.6. The zero-order valence-electron chi connectivity index (χ0n) is 63.1. The fraction of sp³-hybridized carbons (Fsp3) is 0.550. The highest BCUT2D eigenvalue weighted by molar-refractivity contribution is 9.10. The number of sulfonamides is 2. The van der Waals surface area contributed by atoms with Gasteiger partial charge in [0, 0.05) is 52.8 Å². The van der Waals surface area contributed by atoms with Crippen molar-refractivity contribution in [3.05, 3.63) is 127 Å². The minimum Gasteiger partial charge on any atom is -0.497 e. The molecule has 4 N–H and O–H groups in total. The minimum absolute atomic E-state index is 0.0909. The van der Waals surface area contributed by atoms with E-state index in [1.54, 1.807) is 43.5 Å². The van der Waals surface area contributed by atoms with Crippen molar-refractivity contribution in [2.24, 2.45) is 45.3 Å². The Morgan fingerprint density at radius 2 is 0.944 bits per heavy atom. The van der Waals surface area contributed by atoms with Crippen LogP contribution in [-0.4, -0.2) is 166 Å². The van der Waals surface area contributed by atoms with Crippen LogP contribution in [0.3, 0.4) is 0 Å². The number of benzene rings is 4. The second-order valence-corrected chi connectivity index (χ2v) is 37.1. The van der Waals surface area contributed by atoms with Gasteiger partial charge < -0.3 is 48.6 Å². The molecule has 24 nitrogen and oxygen atoms in total. The smallest absolute Gasteiger partial charge is 0.492 e. The Balaban J connectivity index is 0.000000203. The number of carbonyl (C=O) groups is 8. The van der Waals surface area contributed by atoms with Gasteiger partial charge in [-0.15, -0.1) is 13.2 Å². The summed E-state index contributed by atoms with van der Waals surface area (Å²) in [5.74, 6) is -4.56. The number of ketones is 2. The molecule has 6 aliphatic carbocycles. The average Bonchev–Trinajstić information content (AvgIpc) is 1.58. The molecule has 0 spiro atoms. The topological polar surface area (TPSA) is 319 Å². The fourth-order valence-corrected chi connectivity index (χ4v) is 18.3. The Bertz CT molecular complexity index is 4230. The van der Waals surface area contributed by atoms with Crippen LogP contribution in [0.15, 0.2) is 127 Å². The van der Waals surface area contributed by atoms with Gasteiger partial charge in [0.15, 0.2) is 11.6 Å². The van der Waals surface area contributed by atoms with Crippen LogP contribution in [0.5, 0.6) is 11.5 Å². The number of carbonyl (C=O) groups excluding carboxylic acids is 8. The monoisotopic (exact) mass is 1590 g/mol. The lowest BCUT2D eigenvalue weighted by Crippen LogP contribution is -2.49. The van der Waals surface area contributed by atoms with E-state index in [1.165, 1.54) is 16.9 Å². The predicted octanol–water partition coefficient (Wildman–Crippen LogP) is 9.73. The number of esters is 2. The molecule has 584 valence electrons. The molecule has 6 saturated carbocycles. The third-order valence-corrected chi connectivity index (χ3v) is 26.7. The maximum Gasteiger partial charge on any atom is 0.492 e. The van der Waals surface area contributed by atoms with E-state index >= 15 is 0 Å². The van der Waals surface area contributed by atoms with Crippen LogP contribution in [0.1, 0.15) is 157 Å². The molecule has 28 heteroatoms. The Hall–Kier alpha value is -7.92. The minimum atomic E-state index is -3.83. The second kappa shape index (κ2) is 34.1. The molecule has 0 aromatic heterocycles. The zero-order chi connectivity index (χ0) is 78.4. The average molecular weight is 1590 g/mol. The van der Waals surface area contributed by atoms with Gasteiger partial charge in [0.1, 0.15) is 35.8 Å². The first kappa shape index (κ1) is 82.6. The maximum atomic E-state index is 14.6. The molecule has 4 aromatic carbocycles. The first-order chi connectivity index (χ1) is 51.1. The number of nitrogens with zero attached hydrogens (tertiary/aromatic N) is 4. The van der Waals surface area contributed by atoms with Gasteiger partial charge in [0.2, 0.25) is 43.7 Å². The molecule has 12 rings (SSSR count). The van der Waals surface area contributed by atoms with E-state index in [9.17, 15) is 55.2 Å². The van der Waals surface area contributed by atoms with E-state index in [-0.39, 0.29) is 99.5 Å². The summed E-state index contributed by atoms with van der Waals surface area (Å²) >= 11 is 3.45. The van der Waals surface area contributed by atoms with E-state index in [2.05, 4.69) is 38.5 Å². The third-order valence-electron chi connectivity index (χ3n) is 22.5. The summed E-state index contributed by atoms with van der Waals surface area (Å²) in [6.45, 7) is 19.6. The number of amides is 4. The van der Waals surface area contributed by atoms with Crippen molar-refractivity contribution >= 4 is 107 Å². The van der Waals surface area contributed by atoms with Crippen molar-refractivity contribution in [2.45, 2.75) is 192 Å². The molecule has 8 fully saturated rings. The standard InChI is InChI=1S/C40H51N3O8S.C33H44BrN3O7S.C7H9BO3/c1-6-27-22-40(27,38(47)41-52(48,49)30-19-20-30)23-34(44)33-24-42(28-17-15-26(16-18-28)31-13-9-10-14-35(31)50-5)25-43(33)37(46)32(39(2,3)4)21-36(45)51-29-11-7-8-12-29;1-5-21-17-33(21,31(41)35-45(42,43)25-14-15-25)18-28(38)27-19-36(23-12-10-22(34)11-13-23)20-37(27)30(40)26(32(2,3)4)16-29(39)44-24-8-6-7-9-24;1-11-7-5-3-2-4-6(7)8(9)10/h6,9-10,13-18,27,29-30,32-33H,1,7-8,11-12,19-25H2,2-5H3,(H,41,47);5,10-13,21,24-27H,1,6-9,14-20H2,2-4H3,(H,35,41);2-5,9-10H,1H3/t27-,32-,33+,40-;21-,26-,27+,33-;/m11./s1. The van der Waals surface area contributed by atoms with Gasteiger partial charge >= 0.3 is 19.1 Å². The molecule has 108 heavy (non-hydrogen) atoms. The van der Waals surface area contributed by atoms with Gasteiger partial charge in [-0.05, 0) is 167 Å². The van der Waals surface area contributed by atoms with E-state index in [1.807, 2.05) is 124 Å². The van der Waals surface area contributed by atoms with Gasteiger partial charge in [0.25, 0.3) is 0 Å². The molecular formula is C80H104BBrN6O18S2. The molecule has 2 aliphatic heterocycles. The van der Waals surface area contributed by atoms with E-state index in [0.29, 0.717) is 49.7 Å². The quantitative estimate of drug-likeness (QED) is 0.0233. The lowest BCUT2D eigenvalue weighted by atomic mass is 9.77. The zero-order valence-corrected chi connectivity index (χ0v) is 66.3. The van der Waals surface area contributed by atoms with Gasteiger partial charge in [-0.25, -0.2) is 16.8 Å². The summed E-state index contributed by atoms with van der Waals surface area (Å²) in [6, 6.07) is 28.0. The summed E-state index contributed by atoms with van der Waals surface area (Å²) in [4.78, 5) is 118. The summed E-state index contributed by atoms with van der Waals surface area (Å²) < 4.78 is 77.9. The number of halogens is 1. The van der Waals surface area contributed by atoms with Gasteiger partial charge in [-0.2, -0.15) is 0 Å². The number of Topliss-reactive ketones (excluding diaryl/α,β-unsaturated/α-hetero) is 2. The van der Waals surface area contributed by atoms with Crippen LogP contribution in [0, 0.1) is 45.3 Å². The highest BCUT2D eigenvalue weighted by Gasteiger charge is 2.63. The number of anilines is 2. The number of hydrogen-bond donors (Lipinski definition) is 4. The van der Waals surface area contributed by atoms with Crippen molar-refractivity contribution in [1.29, 1.82) is 0 Å². The Morgan fingerprint density at radius 3 is 1.30 bits per heavy atom. The number of rotatable bonds is 28. The van der Waals surface area contributed by atoms with Crippen LogP contribution in [0.4, 0.5) is 11.4 Å².